The highest BCUT2D eigenvalue weighted by Crippen LogP contribution is 2.30. The van der Waals surface area contributed by atoms with E-state index < -0.39 is 30.2 Å². The molecular weight excluding hydrogens is 327 g/mol. The normalized spacial score (nSPS) is 16.6. The number of halogens is 3. The van der Waals surface area contributed by atoms with Gasteiger partial charge in [-0.2, -0.15) is 13.2 Å². The number of nitrogens with one attached hydrogen (secondary N) is 1. The Balaban J connectivity index is 1.97. The number of carboxylic acid groups (broad SMARTS) is 1. The zero-order valence-corrected chi connectivity index (χ0v) is 12.9. The highest BCUT2D eigenvalue weighted by Gasteiger charge is 2.42. The van der Waals surface area contributed by atoms with Crippen LogP contribution in [0.15, 0.2) is 24.3 Å². The number of alkyl halides is 3. The molecule has 1 amide bonds. The van der Waals surface area contributed by atoms with Crippen molar-refractivity contribution in [1.29, 1.82) is 0 Å². The quantitative estimate of drug-likeness (QED) is 0.831. The predicted molar refractivity (Wildman–Crippen MR) is 78.7 cm³/mol. The van der Waals surface area contributed by atoms with Crippen molar-refractivity contribution in [3.05, 3.63) is 29.8 Å². The second-order valence-electron chi connectivity index (χ2n) is 5.87. The van der Waals surface area contributed by atoms with Gasteiger partial charge in [0.1, 0.15) is 11.3 Å². The molecule has 5 nitrogen and oxygen atoms in total. The van der Waals surface area contributed by atoms with Crippen molar-refractivity contribution in [2.24, 2.45) is 0 Å². The number of rotatable bonds is 6. The molecule has 0 spiro atoms. The third-order valence-electron chi connectivity index (χ3n) is 3.91. The molecule has 0 unspecified atom stereocenters. The minimum Gasteiger partial charge on any atom is -0.484 e. The van der Waals surface area contributed by atoms with Crippen LogP contribution in [0.1, 0.15) is 31.2 Å². The first-order valence-corrected chi connectivity index (χ1v) is 7.53. The fourth-order valence-corrected chi connectivity index (χ4v) is 2.78. The molecule has 0 radical (unpaired) electrons. The largest absolute Gasteiger partial charge is 0.484 e. The molecule has 2 N–H and O–H groups in total. The Labute approximate surface area is 136 Å². The molecule has 1 aromatic rings. The fourth-order valence-electron chi connectivity index (χ4n) is 2.78. The molecule has 0 bridgehead atoms. The Kier molecular flexibility index (Phi) is 5.36. The summed E-state index contributed by atoms with van der Waals surface area (Å²) in [6.07, 6.45) is -2.35. The van der Waals surface area contributed by atoms with Crippen LogP contribution < -0.4 is 10.1 Å². The van der Waals surface area contributed by atoms with Crippen LogP contribution in [0.5, 0.6) is 5.75 Å². The Hall–Kier alpha value is -2.25. The van der Waals surface area contributed by atoms with Gasteiger partial charge in [0.05, 0.1) is 6.42 Å². The Morgan fingerprint density at radius 3 is 2.50 bits per heavy atom. The summed E-state index contributed by atoms with van der Waals surface area (Å²) in [5.41, 5.74) is -0.785. The van der Waals surface area contributed by atoms with Crippen LogP contribution in [-0.2, 0) is 16.0 Å². The van der Waals surface area contributed by atoms with E-state index in [0.29, 0.717) is 18.4 Å². The fraction of sp³-hybridized carbons (Fsp3) is 0.500. The van der Waals surface area contributed by atoms with Crippen molar-refractivity contribution in [2.45, 2.75) is 43.8 Å². The lowest BCUT2D eigenvalue weighted by Gasteiger charge is -2.25. The maximum atomic E-state index is 12.2. The summed E-state index contributed by atoms with van der Waals surface area (Å²) in [6, 6.07) is 5.76. The summed E-state index contributed by atoms with van der Waals surface area (Å²) in [6.45, 7) is -1.41. The second kappa shape index (κ2) is 7.11. The third kappa shape index (κ3) is 4.87. The standard InChI is InChI=1S/C16H18F3NO4/c17-16(18,19)10-24-12-5-3-4-11(8-12)9-13(21)20-15(14(22)23)6-1-2-7-15/h3-5,8H,1-2,6-7,9-10H2,(H,20,21)(H,22,23). The van der Waals surface area contributed by atoms with Crippen molar-refractivity contribution < 1.29 is 32.6 Å². The summed E-state index contributed by atoms with van der Waals surface area (Å²) in [7, 11) is 0. The van der Waals surface area contributed by atoms with Crippen molar-refractivity contribution in [3.8, 4) is 5.75 Å². The van der Waals surface area contributed by atoms with Gasteiger partial charge < -0.3 is 15.2 Å². The summed E-state index contributed by atoms with van der Waals surface area (Å²) < 4.78 is 41.1. The van der Waals surface area contributed by atoms with Crippen LogP contribution in [-0.4, -0.2) is 35.3 Å². The number of benzene rings is 1. The van der Waals surface area contributed by atoms with E-state index in [1.165, 1.54) is 18.2 Å². The van der Waals surface area contributed by atoms with Crippen LogP contribution in [0.3, 0.4) is 0 Å². The molecule has 1 aliphatic carbocycles. The van der Waals surface area contributed by atoms with Crippen molar-refractivity contribution in [1.82, 2.24) is 5.32 Å². The lowest BCUT2D eigenvalue weighted by Crippen LogP contribution is -2.52. The molecule has 1 aliphatic rings. The van der Waals surface area contributed by atoms with E-state index in [4.69, 9.17) is 0 Å². The van der Waals surface area contributed by atoms with Crippen molar-refractivity contribution in [2.75, 3.05) is 6.61 Å². The van der Waals surface area contributed by atoms with Crippen molar-refractivity contribution >= 4 is 11.9 Å². The molecule has 132 valence electrons. The van der Waals surface area contributed by atoms with Crippen LogP contribution in [0.2, 0.25) is 0 Å². The number of hydrogen-bond acceptors (Lipinski definition) is 3. The minimum absolute atomic E-state index is 0.00596. The monoisotopic (exact) mass is 345 g/mol. The first-order chi connectivity index (χ1) is 11.2. The van der Waals surface area contributed by atoms with Crippen LogP contribution in [0.4, 0.5) is 13.2 Å². The average molecular weight is 345 g/mol. The number of carbonyl (C=O) groups is 2. The van der Waals surface area contributed by atoms with E-state index in [1.54, 1.807) is 6.07 Å². The van der Waals surface area contributed by atoms with Gasteiger partial charge in [0.25, 0.3) is 0 Å². The molecule has 0 aliphatic heterocycles. The van der Waals surface area contributed by atoms with Gasteiger partial charge in [-0.3, -0.25) is 4.79 Å². The molecule has 8 heteroatoms. The zero-order valence-electron chi connectivity index (χ0n) is 12.9. The van der Waals surface area contributed by atoms with Crippen LogP contribution >= 0.6 is 0 Å². The van der Waals surface area contributed by atoms with Crippen LogP contribution in [0, 0.1) is 0 Å². The Bertz CT molecular complexity index is 610. The third-order valence-corrected chi connectivity index (χ3v) is 3.91. The highest BCUT2D eigenvalue weighted by molar-refractivity contribution is 5.88. The lowest BCUT2D eigenvalue weighted by atomic mass is 9.97. The number of carbonyl (C=O) groups excluding carboxylic acids is 1. The molecule has 1 fully saturated rings. The summed E-state index contributed by atoms with van der Waals surface area (Å²) in [5.74, 6) is -1.53. The van der Waals surface area contributed by atoms with Gasteiger partial charge in [-0.15, -0.1) is 0 Å². The molecule has 0 atom stereocenters. The molecule has 0 heterocycles. The molecule has 0 saturated heterocycles. The number of aliphatic carboxylic acids is 1. The van der Waals surface area contributed by atoms with Gasteiger partial charge in [-0.1, -0.05) is 25.0 Å². The number of amides is 1. The van der Waals surface area contributed by atoms with E-state index in [0.717, 1.165) is 12.8 Å². The molecule has 1 aromatic carbocycles. The topological polar surface area (TPSA) is 75.6 Å². The Morgan fingerprint density at radius 2 is 1.92 bits per heavy atom. The van der Waals surface area contributed by atoms with Crippen LogP contribution in [0.25, 0.3) is 0 Å². The lowest BCUT2D eigenvalue weighted by molar-refractivity contribution is -0.153. The summed E-state index contributed by atoms with van der Waals surface area (Å²) >= 11 is 0. The van der Waals surface area contributed by atoms with E-state index >= 15 is 0 Å². The minimum atomic E-state index is -4.44. The highest BCUT2D eigenvalue weighted by atomic mass is 19.4. The van der Waals surface area contributed by atoms with Gasteiger partial charge in [-0.05, 0) is 30.5 Å². The van der Waals surface area contributed by atoms with E-state index in [9.17, 15) is 27.9 Å². The average Bonchev–Trinajstić information content (AvgIpc) is 2.94. The summed E-state index contributed by atoms with van der Waals surface area (Å²) in [5, 5.41) is 11.9. The molecule has 2 rings (SSSR count). The zero-order chi connectivity index (χ0) is 17.8. The van der Waals surface area contributed by atoms with Gasteiger partial charge in [0.15, 0.2) is 6.61 Å². The van der Waals surface area contributed by atoms with Gasteiger partial charge >= 0.3 is 12.1 Å². The molecule has 24 heavy (non-hydrogen) atoms. The first kappa shape index (κ1) is 18.1. The summed E-state index contributed by atoms with van der Waals surface area (Å²) in [4.78, 5) is 23.5. The smallest absolute Gasteiger partial charge is 0.422 e. The number of carboxylic acids is 1. The van der Waals surface area contributed by atoms with Crippen molar-refractivity contribution in [3.63, 3.8) is 0 Å². The number of hydrogen-bond donors (Lipinski definition) is 2. The maximum absolute atomic E-state index is 12.2. The molecular formula is C16H18F3NO4. The molecule has 1 saturated carbocycles. The molecule has 0 aromatic heterocycles. The van der Waals surface area contributed by atoms with E-state index in [2.05, 4.69) is 10.1 Å². The maximum Gasteiger partial charge on any atom is 0.422 e. The van der Waals surface area contributed by atoms with E-state index in [-0.39, 0.29) is 12.2 Å². The van der Waals surface area contributed by atoms with Gasteiger partial charge in [-0.25, -0.2) is 4.79 Å². The SMILES string of the molecule is O=C(Cc1cccc(OCC(F)(F)F)c1)NC1(C(=O)O)CCCC1. The van der Waals surface area contributed by atoms with Gasteiger partial charge in [0.2, 0.25) is 5.91 Å². The second-order valence-corrected chi connectivity index (χ2v) is 5.87. The first-order valence-electron chi connectivity index (χ1n) is 7.53. The Morgan fingerprint density at radius 1 is 1.25 bits per heavy atom. The van der Waals surface area contributed by atoms with E-state index in [1.807, 2.05) is 0 Å². The van der Waals surface area contributed by atoms with Gasteiger partial charge in [0, 0.05) is 0 Å². The number of ether oxygens (including phenoxy) is 1. The predicted octanol–water partition coefficient (Wildman–Crippen LogP) is 2.68.